The van der Waals surface area contributed by atoms with Crippen molar-refractivity contribution in [3.05, 3.63) is 11.8 Å². The van der Waals surface area contributed by atoms with Crippen molar-refractivity contribution < 1.29 is 4.79 Å². The van der Waals surface area contributed by atoms with E-state index >= 15 is 0 Å². The number of nitrogens with two attached hydrogens (primary N) is 1. The molecule has 1 aromatic heterocycles. The van der Waals surface area contributed by atoms with Crippen molar-refractivity contribution >= 4 is 11.7 Å². The molecular weight excluding hydrogens is 192 g/mol. The predicted molar refractivity (Wildman–Crippen MR) is 57.2 cm³/mol. The summed E-state index contributed by atoms with van der Waals surface area (Å²) in [6.07, 6.45) is 2.72. The summed E-state index contributed by atoms with van der Waals surface area (Å²) < 4.78 is 1.77. The first-order valence-corrected chi connectivity index (χ1v) is 5.24. The third-order valence-corrected chi connectivity index (χ3v) is 2.49. The number of carbonyl (C=O) groups excluding carboxylic acids is 1. The minimum absolute atomic E-state index is 0.103. The van der Waals surface area contributed by atoms with Crippen LogP contribution in [0, 0.1) is 6.92 Å². The molecule has 1 fully saturated rings. The summed E-state index contributed by atoms with van der Waals surface area (Å²) in [5.41, 5.74) is 6.54. The molecule has 5 nitrogen and oxygen atoms in total. The van der Waals surface area contributed by atoms with Crippen molar-refractivity contribution in [1.29, 1.82) is 0 Å². The summed E-state index contributed by atoms with van der Waals surface area (Å²) in [5.74, 6) is 0.612. The number of aryl methyl sites for hydroxylation is 2. The van der Waals surface area contributed by atoms with Gasteiger partial charge in [-0.1, -0.05) is 0 Å². The Kier molecular flexibility index (Phi) is 2.62. The van der Waals surface area contributed by atoms with Crippen LogP contribution in [0.4, 0.5) is 5.82 Å². The van der Waals surface area contributed by atoms with Gasteiger partial charge in [-0.25, -0.2) is 0 Å². The first kappa shape index (κ1) is 10.0. The van der Waals surface area contributed by atoms with E-state index in [0.29, 0.717) is 24.8 Å². The van der Waals surface area contributed by atoms with E-state index < -0.39 is 0 Å². The van der Waals surface area contributed by atoms with Crippen molar-refractivity contribution in [2.24, 2.45) is 0 Å². The van der Waals surface area contributed by atoms with Gasteiger partial charge in [-0.3, -0.25) is 9.48 Å². The van der Waals surface area contributed by atoms with Gasteiger partial charge in [0.1, 0.15) is 5.82 Å². The zero-order valence-corrected chi connectivity index (χ0v) is 8.86. The fraction of sp³-hybridized carbons (Fsp3) is 0.600. The molecule has 0 bridgehead atoms. The van der Waals surface area contributed by atoms with E-state index in [4.69, 9.17) is 5.73 Å². The van der Waals surface area contributed by atoms with Gasteiger partial charge in [0, 0.05) is 24.2 Å². The van der Waals surface area contributed by atoms with Crippen molar-refractivity contribution in [2.75, 3.05) is 5.73 Å². The fourth-order valence-electron chi connectivity index (χ4n) is 1.50. The third-order valence-electron chi connectivity index (χ3n) is 2.49. The van der Waals surface area contributed by atoms with E-state index in [1.165, 1.54) is 0 Å². The van der Waals surface area contributed by atoms with Crippen LogP contribution in [-0.4, -0.2) is 21.7 Å². The molecule has 3 N–H and O–H groups in total. The monoisotopic (exact) mass is 208 g/mol. The van der Waals surface area contributed by atoms with E-state index in [2.05, 4.69) is 10.4 Å². The lowest BCUT2D eigenvalue weighted by atomic mass is 10.3. The molecule has 82 valence electrons. The molecule has 0 radical (unpaired) electrons. The second-order valence-corrected chi connectivity index (χ2v) is 4.03. The molecule has 1 aliphatic rings. The topological polar surface area (TPSA) is 72.9 Å². The number of hydrogen-bond acceptors (Lipinski definition) is 3. The molecule has 0 unspecified atom stereocenters. The number of nitrogens with zero attached hydrogens (tertiary/aromatic N) is 2. The Morgan fingerprint density at radius 3 is 3.00 bits per heavy atom. The normalized spacial score (nSPS) is 15.3. The lowest BCUT2D eigenvalue weighted by Gasteiger charge is -2.04. The van der Waals surface area contributed by atoms with Crippen LogP contribution < -0.4 is 11.1 Å². The number of amides is 1. The predicted octanol–water partition coefficient (Wildman–Crippen LogP) is 0.442. The average molecular weight is 208 g/mol. The summed E-state index contributed by atoms with van der Waals surface area (Å²) in [6, 6.07) is 2.24. The highest BCUT2D eigenvalue weighted by atomic mass is 16.1. The Labute approximate surface area is 88.6 Å². The second-order valence-electron chi connectivity index (χ2n) is 4.03. The standard InChI is InChI=1S/C10H16N4O/c1-7-6-9(11)13-14(7)5-4-10(15)12-8-2-3-8/h6,8H,2-5H2,1H3,(H2,11,13)(H,12,15). The average Bonchev–Trinajstić information content (AvgIpc) is 2.89. The van der Waals surface area contributed by atoms with Crippen LogP contribution in [-0.2, 0) is 11.3 Å². The number of aromatic nitrogens is 2. The van der Waals surface area contributed by atoms with Gasteiger partial charge in [0.2, 0.25) is 5.91 Å². The van der Waals surface area contributed by atoms with E-state index in [0.717, 1.165) is 18.5 Å². The number of carbonyl (C=O) groups is 1. The Bertz CT molecular complexity index is 367. The number of rotatable bonds is 4. The van der Waals surface area contributed by atoms with Crippen molar-refractivity contribution in [3.63, 3.8) is 0 Å². The van der Waals surface area contributed by atoms with Crippen LogP contribution in [0.3, 0.4) is 0 Å². The highest BCUT2D eigenvalue weighted by Crippen LogP contribution is 2.18. The SMILES string of the molecule is Cc1cc(N)nn1CCC(=O)NC1CC1. The van der Waals surface area contributed by atoms with E-state index in [-0.39, 0.29) is 5.91 Å². The summed E-state index contributed by atoms with van der Waals surface area (Å²) in [5, 5.41) is 7.03. The number of nitrogen functional groups attached to an aromatic ring is 1. The Morgan fingerprint density at radius 1 is 1.73 bits per heavy atom. The van der Waals surface area contributed by atoms with Gasteiger partial charge in [-0.05, 0) is 19.8 Å². The summed E-state index contributed by atoms with van der Waals surface area (Å²) in [6.45, 7) is 2.53. The summed E-state index contributed by atoms with van der Waals surface area (Å²) in [7, 11) is 0. The molecule has 1 aromatic rings. The van der Waals surface area contributed by atoms with Gasteiger partial charge in [0.25, 0.3) is 0 Å². The van der Waals surface area contributed by atoms with E-state index in [1.54, 1.807) is 10.7 Å². The second kappa shape index (κ2) is 3.92. The van der Waals surface area contributed by atoms with Gasteiger partial charge >= 0.3 is 0 Å². The van der Waals surface area contributed by atoms with Crippen LogP contribution >= 0.6 is 0 Å². The third kappa shape index (κ3) is 2.71. The maximum atomic E-state index is 11.4. The molecule has 0 aromatic carbocycles. The lowest BCUT2D eigenvalue weighted by molar-refractivity contribution is -0.121. The number of nitrogens with one attached hydrogen (secondary N) is 1. The molecule has 1 amide bonds. The van der Waals surface area contributed by atoms with E-state index in [1.807, 2.05) is 6.92 Å². The molecule has 1 saturated carbocycles. The number of hydrogen-bond donors (Lipinski definition) is 2. The fourth-order valence-corrected chi connectivity index (χ4v) is 1.50. The molecule has 15 heavy (non-hydrogen) atoms. The van der Waals surface area contributed by atoms with Crippen molar-refractivity contribution in [1.82, 2.24) is 15.1 Å². The maximum absolute atomic E-state index is 11.4. The van der Waals surface area contributed by atoms with Crippen LogP contribution in [0.5, 0.6) is 0 Å². The Hall–Kier alpha value is -1.52. The zero-order chi connectivity index (χ0) is 10.8. The first-order chi connectivity index (χ1) is 7.15. The smallest absolute Gasteiger partial charge is 0.222 e. The molecule has 0 atom stereocenters. The molecule has 2 rings (SSSR count). The van der Waals surface area contributed by atoms with Gasteiger partial charge in [0.15, 0.2) is 0 Å². The van der Waals surface area contributed by atoms with Crippen LogP contribution in [0.2, 0.25) is 0 Å². The van der Waals surface area contributed by atoms with Crippen molar-refractivity contribution in [3.8, 4) is 0 Å². The molecule has 1 heterocycles. The quantitative estimate of drug-likeness (QED) is 0.754. The first-order valence-electron chi connectivity index (χ1n) is 5.24. The number of anilines is 1. The molecule has 0 spiro atoms. The van der Waals surface area contributed by atoms with Gasteiger partial charge < -0.3 is 11.1 Å². The molecule has 0 aliphatic heterocycles. The Morgan fingerprint density at radius 2 is 2.47 bits per heavy atom. The van der Waals surface area contributed by atoms with E-state index in [9.17, 15) is 4.79 Å². The molecule has 1 aliphatic carbocycles. The lowest BCUT2D eigenvalue weighted by Crippen LogP contribution is -2.26. The highest BCUT2D eigenvalue weighted by molar-refractivity contribution is 5.76. The van der Waals surface area contributed by atoms with Crippen molar-refractivity contribution in [2.45, 2.75) is 38.8 Å². The van der Waals surface area contributed by atoms with Crippen LogP contribution in [0.25, 0.3) is 0 Å². The van der Waals surface area contributed by atoms with Gasteiger partial charge in [-0.2, -0.15) is 5.10 Å². The summed E-state index contributed by atoms with van der Waals surface area (Å²) >= 11 is 0. The van der Waals surface area contributed by atoms with Gasteiger partial charge in [0.05, 0.1) is 6.54 Å². The minimum atomic E-state index is 0.103. The maximum Gasteiger partial charge on any atom is 0.222 e. The summed E-state index contributed by atoms with van der Waals surface area (Å²) in [4.78, 5) is 11.4. The minimum Gasteiger partial charge on any atom is -0.382 e. The molecular formula is C10H16N4O. The molecule has 5 heteroatoms. The Balaban J connectivity index is 1.81. The van der Waals surface area contributed by atoms with Gasteiger partial charge in [-0.15, -0.1) is 0 Å². The van der Waals surface area contributed by atoms with Crippen LogP contribution in [0.15, 0.2) is 6.07 Å². The zero-order valence-electron chi connectivity index (χ0n) is 8.86. The highest BCUT2D eigenvalue weighted by Gasteiger charge is 2.22. The van der Waals surface area contributed by atoms with Crippen LogP contribution in [0.1, 0.15) is 25.0 Å². The largest absolute Gasteiger partial charge is 0.382 e. The molecule has 0 saturated heterocycles.